The van der Waals surface area contributed by atoms with E-state index in [9.17, 15) is 0 Å². The standard InChI is InChI=1S/C12H21N3O2/c1-9(8-16)5-4-6-13-12-14-10(2)7-11(15-12)17-3/h7,9,16H,4-6,8H2,1-3H3,(H,13,14,15). The highest BCUT2D eigenvalue weighted by molar-refractivity contribution is 5.30. The van der Waals surface area contributed by atoms with Crippen molar-refractivity contribution in [3.8, 4) is 5.88 Å². The van der Waals surface area contributed by atoms with Crippen molar-refractivity contribution >= 4 is 5.95 Å². The van der Waals surface area contributed by atoms with Gasteiger partial charge in [0.25, 0.3) is 0 Å². The van der Waals surface area contributed by atoms with Crippen LogP contribution in [0, 0.1) is 12.8 Å². The molecule has 17 heavy (non-hydrogen) atoms. The lowest BCUT2D eigenvalue weighted by atomic mass is 10.1. The molecule has 1 aromatic rings. The molecule has 0 bridgehead atoms. The number of aryl methyl sites for hydroxylation is 1. The first-order chi connectivity index (χ1) is 8.15. The third kappa shape index (κ3) is 4.99. The number of aliphatic hydroxyl groups excluding tert-OH is 1. The minimum absolute atomic E-state index is 0.245. The van der Waals surface area contributed by atoms with E-state index in [2.05, 4.69) is 15.3 Å². The van der Waals surface area contributed by atoms with Crippen molar-refractivity contribution < 1.29 is 9.84 Å². The van der Waals surface area contributed by atoms with E-state index in [0.717, 1.165) is 25.1 Å². The zero-order valence-electron chi connectivity index (χ0n) is 10.7. The van der Waals surface area contributed by atoms with Crippen LogP contribution >= 0.6 is 0 Å². The third-order valence-electron chi connectivity index (χ3n) is 2.51. The van der Waals surface area contributed by atoms with Gasteiger partial charge >= 0.3 is 0 Å². The molecule has 0 aromatic carbocycles. The van der Waals surface area contributed by atoms with Gasteiger partial charge in [-0.15, -0.1) is 0 Å². The molecule has 0 aliphatic rings. The Labute approximate surface area is 102 Å². The number of hydrogen-bond acceptors (Lipinski definition) is 5. The molecule has 0 amide bonds. The fraction of sp³-hybridized carbons (Fsp3) is 0.667. The number of methoxy groups -OCH3 is 1. The number of nitrogens with zero attached hydrogens (tertiary/aromatic N) is 2. The van der Waals surface area contributed by atoms with Gasteiger partial charge < -0.3 is 15.2 Å². The van der Waals surface area contributed by atoms with Crippen LogP contribution in [0.4, 0.5) is 5.95 Å². The summed E-state index contributed by atoms with van der Waals surface area (Å²) in [6, 6.07) is 1.79. The van der Waals surface area contributed by atoms with Crippen LogP contribution in [0.3, 0.4) is 0 Å². The maximum absolute atomic E-state index is 8.89. The topological polar surface area (TPSA) is 67.3 Å². The number of anilines is 1. The Kier molecular flexibility index (Phi) is 5.69. The van der Waals surface area contributed by atoms with Gasteiger partial charge in [-0.05, 0) is 25.7 Å². The summed E-state index contributed by atoms with van der Waals surface area (Å²) in [6.45, 7) is 4.99. The molecular weight excluding hydrogens is 218 g/mol. The lowest BCUT2D eigenvalue weighted by molar-refractivity contribution is 0.229. The lowest BCUT2D eigenvalue weighted by Gasteiger charge is -2.09. The first kappa shape index (κ1) is 13.7. The molecule has 0 spiro atoms. The van der Waals surface area contributed by atoms with Gasteiger partial charge in [0.2, 0.25) is 11.8 Å². The quantitative estimate of drug-likeness (QED) is 0.708. The molecule has 0 aliphatic heterocycles. The highest BCUT2D eigenvalue weighted by Gasteiger charge is 2.02. The summed E-state index contributed by atoms with van der Waals surface area (Å²) in [5.41, 5.74) is 0.878. The van der Waals surface area contributed by atoms with Crippen LogP contribution in [-0.2, 0) is 0 Å². The third-order valence-corrected chi connectivity index (χ3v) is 2.51. The molecule has 0 fully saturated rings. The second kappa shape index (κ2) is 7.06. The van der Waals surface area contributed by atoms with Crippen molar-refractivity contribution in [3.63, 3.8) is 0 Å². The number of nitrogens with one attached hydrogen (secondary N) is 1. The first-order valence-electron chi connectivity index (χ1n) is 5.90. The van der Waals surface area contributed by atoms with E-state index in [1.54, 1.807) is 13.2 Å². The molecule has 0 saturated heterocycles. The maximum Gasteiger partial charge on any atom is 0.226 e. The number of rotatable bonds is 7. The Morgan fingerprint density at radius 1 is 1.47 bits per heavy atom. The molecule has 1 atom stereocenters. The van der Waals surface area contributed by atoms with Gasteiger partial charge in [0.05, 0.1) is 7.11 Å². The van der Waals surface area contributed by atoms with Crippen LogP contribution in [0.5, 0.6) is 5.88 Å². The van der Waals surface area contributed by atoms with E-state index in [0.29, 0.717) is 17.7 Å². The van der Waals surface area contributed by atoms with Gasteiger partial charge in [0, 0.05) is 24.9 Å². The lowest BCUT2D eigenvalue weighted by Crippen LogP contribution is -2.09. The van der Waals surface area contributed by atoms with E-state index in [4.69, 9.17) is 9.84 Å². The second-order valence-electron chi connectivity index (χ2n) is 4.23. The summed E-state index contributed by atoms with van der Waals surface area (Å²) in [5.74, 6) is 1.52. The smallest absolute Gasteiger partial charge is 0.226 e. The molecule has 1 heterocycles. The molecule has 2 N–H and O–H groups in total. The van der Waals surface area contributed by atoms with Gasteiger partial charge in [0.1, 0.15) is 0 Å². The SMILES string of the molecule is COc1cc(C)nc(NCCCC(C)CO)n1. The molecule has 0 radical (unpaired) electrons. The van der Waals surface area contributed by atoms with E-state index in [-0.39, 0.29) is 6.61 Å². The minimum Gasteiger partial charge on any atom is -0.481 e. The van der Waals surface area contributed by atoms with Crippen LogP contribution in [0.2, 0.25) is 0 Å². The minimum atomic E-state index is 0.245. The zero-order valence-corrected chi connectivity index (χ0v) is 10.7. The molecule has 5 heteroatoms. The Morgan fingerprint density at radius 3 is 2.88 bits per heavy atom. The highest BCUT2D eigenvalue weighted by atomic mass is 16.5. The Hall–Kier alpha value is -1.36. The zero-order chi connectivity index (χ0) is 12.7. The van der Waals surface area contributed by atoms with Gasteiger partial charge in [-0.2, -0.15) is 4.98 Å². The van der Waals surface area contributed by atoms with Crippen molar-refractivity contribution in [1.82, 2.24) is 9.97 Å². The van der Waals surface area contributed by atoms with Crippen molar-refractivity contribution in [3.05, 3.63) is 11.8 Å². The van der Waals surface area contributed by atoms with Gasteiger partial charge in [0.15, 0.2) is 0 Å². The van der Waals surface area contributed by atoms with Crippen molar-refractivity contribution in [2.24, 2.45) is 5.92 Å². The van der Waals surface area contributed by atoms with Crippen LogP contribution in [0.1, 0.15) is 25.5 Å². The predicted molar refractivity (Wildman–Crippen MR) is 67.3 cm³/mol. The average molecular weight is 239 g/mol. The molecule has 5 nitrogen and oxygen atoms in total. The molecule has 1 rings (SSSR count). The highest BCUT2D eigenvalue weighted by Crippen LogP contribution is 2.11. The number of ether oxygens (including phenoxy) is 1. The number of hydrogen-bond donors (Lipinski definition) is 2. The Bertz CT molecular complexity index is 345. The van der Waals surface area contributed by atoms with Crippen LogP contribution in [0.15, 0.2) is 6.07 Å². The van der Waals surface area contributed by atoms with Gasteiger partial charge in [-0.1, -0.05) is 6.92 Å². The molecule has 0 aliphatic carbocycles. The first-order valence-corrected chi connectivity index (χ1v) is 5.90. The van der Waals surface area contributed by atoms with Crippen LogP contribution in [-0.4, -0.2) is 35.3 Å². The Morgan fingerprint density at radius 2 is 2.24 bits per heavy atom. The summed E-state index contributed by atoms with van der Waals surface area (Å²) >= 11 is 0. The van der Waals surface area contributed by atoms with Gasteiger partial charge in [-0.25, -0.2) is 4.98 Å². The van der Waals surface area contributed by atoms with Crippen molar-refractivity contribution in [2.45, 2.75) is 26.7 Å². The number of aromatic nitrogens is 2. The van der Waals surface area contributed by atoms with Crippen LogP contribution < -0.4 is 10.1 Å². The van der Waals surface area contributed by atoms with Crippen LogP contribution in [0.25, 0.3) is 0 Å². The summed E-state index contributed by atoms with van der Waals surface area (Å²) in [4.78, 5) is 8.46. The number of aliphatic hydroxyl groups is 1. The normalized spacial score (nSPS) is 12.2. The van der Waals surface area contributed by atoms with E-state index in [1.807, 2.05) is 13.8 Å². The Balaban J connectivity index is 2.38. The average Bonchev–Trinajstić information content (AvgIpc) is 2.33. The van der Waals surface area contributed by atoms with E-state index >= 15 is 0 Å². The molecule has 96 valence electrons. The maximum atomic E-state index is 8.89. The predicted octanol–water partition coefficient (Wildman–Crippen LogP) is 1.61. The van der Waals surface area contributed by atoms with E-state index in [1.165, 1.54) is 0 Å². The summed E-state index contributed by atoms with van der Waals surface area (Å²) in [6.07, 6.45) is 1.98. The molecular formula is C12H21N3O2. The van der Waals surface area contributed by atoms with Crippen molar-refractivity contribution in [1.29, 1.82) is 0 Å². The molecule has 0 saturated carbocycles. The fourth-order valence-electron chi connectivity index (χ4n) is 1.47. The van der Waals surface area contributed by atoms with E-state index < -0.39 is 0 Å². The molecule has 1 unspecified atom stereocenters. The largest absolute Gasteiger partial charge is 0.481 e. The molecule has 1 aromatic heterocycles. The summed E-state index contributed by atoms with van der Waals surface area (Å²) < 4.78 is 5.07. The van der Waals surface area contributed by atoms with Crippen molar-refractivity contribution in [2.75, 3.05) is 25.6 Å². The summed E-state index contributed by atoms with van der Waals surface area (Å²) in [7, 11) is 1.59. The second-order valence-corrected chi connectivity index (χ2v) is 4.23. The van der Waals surface area contributed by atoms with Gasteiger partial charge in [-0.3, -0.25) is 0 Å². The summed E-state index contributed by atoms with van der Waals surface area (Å²) in [5, 5.41) is 12.0. The fourth-order valence-corrected chi connectivity index (χ4v) is 1.47. The monoisotopic (exact) mass is 239 g/mol.